The van der Waals surface area contributed by atoms with Crippen LogP contribution in [0.1, 0.15) is 35.6 Å². The average Bonchev–Trinajstić information content (AvgIpc) is 3.20. The molecule has 4 rings (SSSR count). The molecule has 1 heterocycles. The van der Waals surface area contributed by atoms with E-state index < -0.39 is 0 Å². The van der Waals surface area contributed by atoms with Crippen LogP contribution in [0.25, 0.3) is 0 Å². The lowest BCUT2D eigenvalue weighted by Crippen LogP contribution is -2.32. The number of nitrogens with zero attached hydrogens (tertiary/aromatic N) is 2. The van der Waals surface area contributed by atoms with E-state index in [-0.39, 0.29) is 11.9 Å². The monoisotopic (exact) mass is 410 g/mol. The molecule has 0 fully saturated rings. The number of carbonyl (C=O) groups excluding carboxylic acids is 1. The van der Waals surface area contributed by atoms with E-state index in [1.165, 1.54) is 39.8 Å². The molecule has 1 amide bonds. The molecule has 2 aromatic carbocycles. The Morgan fingerprint density at radius 1 is 1.11 bits per heavy atom. The highest BCUT2D eigenvalue weighted by Crippen LogP contribution is 2.30. The second-order valence-corrected chi connectivity index (χ2v) is 8.91. The van der Waals surface area contributed by atoms with E-state index in [0.717, 1.165) is 28.7 Å². The number of aryl methyl sites for hydroxylation is 1. The van der Waals surface area contributed by atoms with Gasteiger partial charge in [-0.1, -0.05) is 77.7 Å². The van der Waals surface area contributed by atoms with Crippen LogP contribution in [0.4, 0.5) is 5.13 Å². The van der Waals surface area contributed by atoms with E-state index in [2.05, 4.69) is 51.2 Å². The van der Waals surface area contributed by atoms with Crippen LogP contribution in [0, 0.1) is 0 Å². The van der Waals surface area contributed by atoms with Crippen LogP contribution in [-0.2, 0) is 17.8 Å². The zero-order chi connectivity index (χ0) is 19.2. The van der Waals surface area contributed by atoms with Gasteiger partial charge in [-0.25, -0.2) is 0 Å². The summed E-state index contributed by atoms with van der Waals surface area (Å²) in [4.78, 5) is 12.4. The van der Waals surface area contributed by atoms with Crippen LogP contribution in [0.5, 0.6) is 0 Å². The average molecular weight is 411 g/mol. The van der Waals surface area contributed by atoms with Crippen molar-refractivity contribution in [3.63, 3.8) is 0 Å². The maximum atomic E-state index is 12.4. The molecular formula is C21H22N4OS2. The molecular weight excluding hydrogens is 388 g/mol. The predicted molar refractivity (Wildman–Crippen MR) is 115 cm³/mol. The van der Waals surface area contributed by atoms with Gasteiger partial charge in [0.25, 0.3) is 0 Å². The molecule has 0 saturated heterocycles. The summed E-state index contributed by atoms with van der Waals surface area (Å²) >= 11 is 2.91. The van der Waals surface area contributed by atoms with Crippen LogP contribution >= 0.6 is 23.1 Å². The predicted octanol–water partition coefficient (Wildman–Crippen LogP) is 4.44. The fourth-order valence-electron chi connectivity index (χ4n) is 3.38. The number of fused-ring (bicyclic) bond motifs is 1. The van der Waals surface area contributed by atoms with Gasteiger partial charge in [0.15, 0.2) is 4.34 Å². The van der Waals surface area contributed by atoms with Crippen molar-refractivity contribution in [3.05, 3.63) is 71.3 Å². The van der Waals surface area contributed by atoms with Gasteiger partial charge < -0.3 is 10.6 Å². The van der Waals surface area contributed by atoms with E-state index >= 15 is 0 Å². The molecule has 3 aromatic rings. The van der Waals surface area contributed by atoms with Gasteiger partial charge in [0.05, 0.1) is 11.8 Å². The number of benzene rings is 2. The Morgan fingerprint density at radius 3 is 2.82 bits per heavy atom. The topological polar surface area (TPSA) is 66.9 Å². The van der Waals surface area contributed by atoms with E-state index in [4.69, 9.17) is 0 Å². The minimum Gasteiger partial charge on any atom is -0.356 e. The van der Waals surface area contributed by atoms with Gasteiger partial charge in [-0.2, -0.15) is 0 Å². The maximum Gasteiger partial charge on any atom is 0.230 e. The molecule has 1 aromatic heterocycles. The highest BCUT2D eigenvalue weighted by Gasteiger charge is 2.21. The summed E-state index contributed by atoms with van der Waals surface area (Å²) < 4.78 is 0.801. The quantitative estimate of drug-likeness (QED) is 0.564. The van der Waals surface area contributed by atoms with Gasteiger partial charge in [0, 0.05) is 6.54 Å². The largest absolute Gasteiger partial charge is 0.356 e. The molecule has 2 N–H and O–H groups in total. The van der Waals surface area contributed by atoms with Crippen molar-refractivity contribution in [1.82, 2.24) is 15.5 Å². The molecule has 1 aliphatic carbocycles. The number of nitrogens with one attached hydrogen (secondary N) is 2. The molecule has 1 atom stereocenters. The molecule has 0 bridgehead atoms. The first kappa shape index (κ1) is 19.0. The van der Waals surface area contributed by atoms with Crippen molar-refractivity contribution >= 4 is 34.1 Å². The standard InChI is InChI=1S/C21H22N4OS2/c26-19(23-18-12-6-10-16-9-4-5-11-17(16)18)14-27-21-25-24-20(28-21)22-13-15-7-2-1-3-8-15/h1-5,7-9,11,18H,6,10,12-14H2,(H,22,24)(H,23,26). The lowest BCUT2D eigenvalue weighted by Gasteiger charge is -2.26. The Morgan fingerprint density at radius 2 is 1.93 bits per heavy atom. The Bertz CT molecular complexity index is 929. The molecule has 0 saturated carbocycles. The third kappa shape index (κ3) is 4.91. The molecule has 5 nitrogen and oxygen atoms in total. The normalized spacial score (nSPS) is 15.6. The second-order valence-electron chi connectivity index (χ2n) is 6.71. The fourth-order valence-corrected chi connectivity index (χ4v) is 4.94. The SMILES string of the molecule is O=C(CSc1nnc(NCc2ccccc2)s1)NC1CCCc2ccccc21. The number of rotatable bonds is 7. The third-order valence-electron chi connectivity index (χ3n) is 4.72. The third-order valence-corrected chi connectivity index (χ3v) is 6.74. The summed E-state index contributed by atoms with van der Waals surface area (Å²) in [5.74, 6) is 0.395. The van der Waals surface area contributed by atoms with Crippen molar-refractivity contribution in [2.45, 2.75) is 36.2 Å². The first-order valence-electron chi connectivity index (χ1n) is 9.39. The highest BCUT2D eigenvalue weighted by atomic mass is 32.2. The Hall–Kier alpha value is -2.38. The van der Waals surface area contributed by atoms with E-state index in [1.54, 1.807) is 0 Å². The first-order valence-corrected chi connectivity index (χ1v) is 11.2. The van der Waals surface area contributed by atoms with Crippen molar-refractivity contribution in [2.75, 3.05) is 11.1 Å². The number of anilines is 1. The number of carbonyl (C=O) groups is 1. The number of hydrogen-bond acceptors (Lipinski definition) is 6. The molecule has 28 heavy (non-hydrogen) atoms. The minimum atomic E-state index is 0.0423. The van der Waals surface area contributed by atoms with E-state index in [1.807, 2.05) is 24.3 Å². The molecule has 1 aliphatic rings. The smallest absolute Gasteiger partial charge is 0.230 e. The van der Waals surface area contributed by atoms with Crippen molar-refractivity contribution in [1.29, 1.82) is 0 Å². The van der Waals surface area contributed by atoms with Gasteiger partial charge in [-0.05, 0) is 36.0 Å². The van der Waals surface area contributed by atoms with Crippen molar-refractivity contribution in [2.24, 2.45) is 0 Å². The van der Waals surface area contributed by atoms with Gasteiger partial charge in [-0.3, -0.25) is 4.79 Å². The van der Waals surface area contributed by atoms with Gasteiger partial charge >= 0.3 is 0 Å². The Labute approximate surface area is 173 Å². The zero-order valence-corrected chi connectivity index (χ0v) is 17.1. The molecule has 0 spiro atoms. The number of hydrogen-bond donors (Lipinski definition) is 2. The fraction of sp³-hybridized carbons (Fsp3) is 0.286. The van der Waals surface area contributed by atoms with Crippen LogP contribution in [0.3, 0.4) is 0 Å². The van der Waals surface area contributed by atoms with Crippen molar-refractivity contribution in [3.8, 4) is 0 Å². The summed E-state index contributed by atoms with van der Waals surface area (Å²) in [5, 5.41) is 15.6. The zero-order valence-electron chi connectivity index (χ0n) is 15.4. The summed E-state index contributed by atoms with van der Waals surface area (Å²) in [7, 11) is 0. The van der Waals surface area contributed by atoms with Gasteiger partial charge in [0.1, 0.15) is 0 Å². The Kier molecular flexibility index (Phi) is 6.24. The van der Waals surface area contributed by atoms with Gasteiger partial charge in [0.2, 0.25) is 11.0 Å². The summed E-state index contributed by atoms with van der Waals surface area (Å²) in [6.07, 6.45) is 3.21. The summed E-state index contributed by atoms with van der Waals surface area (Å²) in [6, 6.07) is 18.7. The summed E-state index contributed by atoms with van der Waals surface area (Å²) in [5.41, 5.74) is 3.81. The highest BCUT2D eigenvalue weighted by molar-refractivity contribution is 8.01. The number of amides is 1. The second kappa shape index (κ2) is 9.21. The van der Waals surface area contributed by atoms with Crippen LogP contribution in [0.15, 0.2) is 58.9 Å². The Balaban J connectivity index is 1.26. The molecule has 144 valence electrons. The maximum absolute atomic E-state index is 12.4. The van der Waals surface area contributed by atoms with E-state index in [9.17, 15) is 4.79 Å². The van der Waals surface area contributed by atoms with Crippen LogP contribution in [0.2, 0.25) is 0 Å². The summed E-state index contributed by atoms with van der Waals surface area (Å²) in [6.45, 7) is 0.710. The van der Waals surface area contributed by atoms with Gasteiger partial charge in [-0.15, -0.1) is 10.2 Å². The van der Waals surface area contributed by atoms with Crippen LogP contribution < -0.4 is 10.6 Å². The van der Waals surface area contributed by atoms with Crippen LogP contribution in [-0.4, -0.2) is 21.9 Å². The lowest BCUT2D eigenvalue weighted by atomic mass is 9.88. The minimum absolute atomic E-state index is 0.0423. The molecule has 1 unspecified atom stereocenters. The molecule has 0 aliphatic heterocycles. The number of aromatic nitrogens is 2. The van der Waals surface area contributed by atoms with E-state index in [0.29, 0.717) is 12.3 Å². The number of thioether (sulfide) groups is 1. The van der Waals surface area contributed by atoms with Crippen molar-refractivity contribution < 1.29 is 4.79 Å². The molecule has 7 heteroatoms. The first-order chi connectivity index (χ1) is 13.8. The lowest BCUT2D eigenvalue weighted by molar-refractivity contribution is -0.119. The molecule has 0 radical (unpaired) electrons.